The number of hydrogen-bond donors (Lipinski definition) is 0. The molecule has 0 aliphatic rings. The maximum atomic E-state index is 5.49. The van der Waals surface area contributed by atoms with Crippen LogP contribution in [0, 0.1) is 0 Å². The van der Waals surface area contributed by atoms with Crippen LogP contribution in [0.4, 0.5) is 0 Å². The Morgan fingerprint density at radius 3 is 2.85 bits per heavy atom. The van der Waals surface area contributed by atoms with E-state index in [1.807, 2.05) is 40.9 Å². The standard InChI is InChI=1S/C20H15N5O/c1-2-14(16-8-11-26-18(16)3-1)4-5-19-22-12-17(15-6-9-21-10-7-15)20-24-23-13-25(19)20/h1-3,6-13H,4-5H2. The third-order valence-electron chi connectivity index (χ3n) is 4.60. The topological polar surface area (TPSA) is 69.1 Å². The van der Waals surface area contributed by atoms with Crippen LogP contribution in [0.3, 0.4) is 0 Å². The molecule has 6 nitrogen and oxygen atoms in total. The first kappa shape index (κ1) is 14.8. The molecule has 0 aliphatic heterocycles. The van der Waals surface area contributed by atoms with Gasteiger partial charge in [-0.3, -0.25) is 9.38 Å². The molecule has 26 heavy (non-hydrogen) atoms. The Morgan fingerprint density at radius 2 is 1.92 bits per heavy atom. The highest BCUT2D eigenvalue weighted by molar-refractivity contribution is 5.81. The van der Waals surface area contributed by atoms with Gasteiger partial charge in [-0.2, -0.15) is 0 Å². The molecule has 0 saturated carbocycles. The average Bonchev–Trinajstić information content (AvgIpc) is 3.36. The Labute approximate surface area is 149 Å². The Kier molecular flexibility index (Phi) is 3.45. The maximum Gasteiger partial charge on any atom is 0.171 e. The largest absolute Gasteiger partial charge is 0.464 e. The fraction of sp³-hybridized carbons (Fsp3) is 0.100. The van der Waals surface area contributed by atoms with Crippen molar-refractivity contribution in [3.63, 3.8) is 0 Å². The number of fused-ring (bicyclic) bond motifs is 2. The van der Waals surface area contributed by atoms with Crippen LogP contribution in [0.1, 0.15) is 11.4 Å². The summed E-state index contributed by atoms with van der Waals surface area (Å²) in [7, 11) is 0. The van der Waals surface area contributed by atoms with Crippen molar-refractivity contribution in [3.8, 4) is 11.1 Å². The minimum Gasteiger partial charge on any atom is -0.464 e. The van der Waals surface area contributed by atoms with Gasteiger partial charge in [-0.15, -0.1) is 10.2 Å². The molecule has 4 heterocycles. The van der Waals surface area contributed by atoms with E-state index in [0.29, 0.717) is 0 Å². The number of furan rings is 1. The van der Waals surface area contributed by atoms with Crippen LogP contribution in [-0.4, -0.2) is 24.6 Å². The monoisotopic (exact) mass is 341 g/mol. The second kappa shape index (κ2) is 6.07. The first-order valence-electron chi connectivity index (χ1n) is 8.43. The lowest BCUT2D eigenvalue weighted by Crippen LogP contribution is -2.04. The highest BCUT2D eigenvalue weighted by Gasteiger charge is 2.12. The van der Waals surface area contributed by atoms with Crippen molar-refractivity contribution in [1.82, 2.24) is 24.6 Å². The smallest absolute Gasteiger partial charge is 0.171 e. The SMILES string of the molecule is c1cc(CCc2ncc(-c3ccncc3)c3nncn23)c2ccoc2c1. The molecule has 0 N–H and O–H groups in total. The molecule has 0 bridgehead atoms. The van der Waals surface area contributed by atoms with Gasteiger partial charge in [0.2, 0.25) is 0 Å². The second-order valence-corrected chi connectivity index (χ2v) is 6.10. The number of rotatable bonds is 4. The highest BCUT2D eigenvalue weighted by Crippen LogP contribution is 2.24. The van der Waals surface area contributed by atoms with Crippen LogP contribution in [0.25, 0.3) is 27.7 Å². The van der Waals surface area contributed by atoms with Crippen LogP contribution in [0.5, 0.6) is 0 Å². The van der Waals surface area contributed by atoms with Crippen molar-refractivity contribution in [1.29, 1.82) is 0 Å². The van der Waals surface area contributed by atoms with Gasteiger partial charge < -0.3 is 4.42 Å². The van der Waals surface area contributed by atoms with E-state index >= 15 is 0 Å². The third-order valence-corrected chi connectivity index (χ3v) is 4.60. The van der Waals surface area contributed by atoms with Crippen molar-refractivity contribution >= 4 is 16.6 Å². The van der Waals surface area contributed by atoms with E-state index in [1.165, 1.54) is 5.56 Å². The second-order valence-electron chi connectivity index (χ2n) is 6.10. The van der Waals surface area contributed by atoms with Gasteiger partial charge in [0.15, 0.2) is 5.65 Å². The minimum atomic E-state index is 0.787. The summed E-state index contributed by atoms with van der Waals surface area (Å²) in [5.74, 6) is 0.934. The van der Waals surface area contributed by atoms with E-state index in [9.17, 15) is 0 Å². The third kappa shape index (κ3) is 2.43. The fourth-order valence-corrected chi connectivity index (χ4v) is 3.31. The van der Waals surface area contributed by atoms with E-state index in [0.717, 1.165) is 46.4 Å². The molecule has 0 atom stereocenters. The van der Waals surface area contributed by atoms with Crippen molar-refractivity contribution in [2.45, 2.75) is 12.8 Å². The molecule has 0 unspecified atom stereocenters. The van der Waals surface area contributed by atoms with Crippen LogP contribution < -0.4 is 0 Å². The van der Waals surface area contributed by atoms with E-state index < -0.39 is 0 Å². The van der Waals surface area contributed by atoms with Crippen molar-refractivity contribution in [3.05, 3.63) is 79.0 Å². The first-order chi connectivity index (χ1) is 12.9. The molecule has 6 heteroatoms. The van der Waals surface area contributed by atoms with Crippen LogP contribution in [0.2, 0.25) is 0 Å². The molecular formula is C20H15N5O. The van der Waals surface area contributed by atoms with Crippen LogP contribution in [0.15, 0.2) is 72.0 Å². The first-order valence-corrected chi connectivity index (χ1v) is 8.43. The van der Waals surface area contributed by atoms with Gasteiger partial charge in [-0.05, 0) is 41.8 Å². The van der Waals surface area contributed by atoms with Gasteiger partial charge in [-0.25, -0.2) is 4.98 Å². The van der Waals surface area contributed by atoms with Crippen molar-refractivity contribution in [2.75, 3.05) is 0 Å². The summed E-state index contributed by atoms with van der Waals surface area (Å²) < 4.78 is 7.45. The van der Waals surface area contributed by atoms with Gasteiger partial charge in [-0.1, -0.05) is 12.1 Å². The highest BCUT2D eigenvalue weighted by atomic mass is 16.3. The summed E-state index contributed by atoms with van der Waals surface area (Å²) in [6, 6.07) is 12.1. The van der Waals surface area contributed by atoms with Gasteiger partial charge in [0.1, 0.15) is 17.7 Å². The molecule has 0 aliphatic carbocycles. The summed E-state index contributed by atoms with van der Waals surface area (Å²) in [6.07, 6.45) is 10.5. The Balaban J connectivity index is 1.51. The number of benzene rings is 1. The van der Waals surface area contributed by atoms with E-state index in [1.54, 1.807) is 25.0 Å². The molecule has 5 aromatic rings. The molecule has 0 spiro atoms. The zero-order chi connectivity index (χ0) is 17.3. The molecule has 0 radical (unpaired) electrons. The molecule has 0 amide bonds. The van der Waals surface area contributed by atoms with Gasteiger partial charge in [0.05, 0.1) is 6.26 Å². The molecule has 5 rings (SSSR count). The lowest BCUT2D eigenvalue weighted by molar-refractivity contribution is 0.615. The molecule has 0 saturated heterocycles. The lowest BCUT2D eigenvalue weighted by atomic mass is 10.0. The zero-order valence-corrected chi connectivity index (χ0v) is 13.9. The molecular weight excluding hydrogens is 326 g/mol. The number of aryl methyl sites for hydroxylation is 2. The summed E-state index contributed by atoms with van der Waals surface area (Å²) in [5, 5.41) is 9.53. The summed E-state index contributed by atoms with van der Waals surface area (Å²) >= 11 is 0. The molecule has 1 aromatic carbocycles. The van der Waals surface area contributed by atoms with Gasteiger partial charge in [0.25, 0.3) is 0 Å². The Bertz CT molecular complexity index is 1190. The van der Waals surface area contributed by atoms with Crippen LogP contribution in [-0.2, 0) is 12.8 Å². The summed E-state index contributed by atoms with van der Waals surface area (Å²) in [5.41, 5.74) is 4.95. The van der Waals surface area contributed by atoms with Crippen molar-refractivity contribution < 1.29 is 4.42 Å². The minimum absolute atomic E-state index is 0.787. The Hall–Kier alpha value is -3.54. The van der Waals surface area contributed by atoms with Gasteiger partial charge in [0, 0.05) is 36.0 Å². The quantitative estimate of drug-likeness (QED) is 0.498. The number of hydrogen-bond acceptors (Lipinski definition) is 5. The summed E-state index contributed by atoms with van der Waals surface area (Å²) in [6.45, 7) is 0. The maximum absolute atomic E-state index is 5.49. The molecule has 4 aromatic heterocycles. The predicted molar refractivity (Wildman–Crippen MR) is 97.6 cm³/mol. The molecule has 126 valence electrons. The predicted octanol–water partition coefficient (Wildman–Crippen LogP) is 3.72. The van der Waals surface area contributed by atoms with Crippen molar-refractivity contribution in [2.24, 2.45) is 0 Å². The fourth-order valence-electron chi connectivity index (χ4n) is 3.31. The van der Waals surface area contributed by atoms with E-state index in [2.05, 4.69) is 26.2 Å². The van der Waals surface area contributed by atoms with Gasteiger partial charge >= 0.3 is 0 Å². The molecule has 0 fully saturated rings. The van der Waals surface area contributed by atoms with E-state index in [4.69, 9.17) is 4.42 Å². The average molecular weight is 341 g/mol. The number of aromatic nitrogens is 5. The zero-order valence-electron chi connectivity index (χ0n) is 13.9. The number of nitrogens with zero attached hydrogens (tertiary/aromatic N) is 5. The summed E-state index contributed by atoms with van der Waals surface area (Å²) in [4.78, 5) is 8.75. The number of pyridine rings is 1. The lowest BCUT2D eigenvalue weighted by Gasteiger charge is -2.08. The normalized spacial score (nSPS) is 11.4. The Morgan fingerprint density at radius 1 is 1.00 bits per heavy atom. The van der Waals surface area contributed by atoms with E-state index in [-0.39, 0.29) is 0 Å². The van der Waals surface area contributed by atoms with Crippen LogP contribution >= 0.6 is 0 Å².